The van der Waals surface area contributed by atoms with Crippen LogP contribution in [0.15, 0.2) is 91.0 Å². The van der Waals surface area contributed by atoms with E-state index >= 15 is 0 Å². The quantitative estimate of drug-likeness (QED) is 0.521. The number of carbonyl (C=O) groups excluding carboxylic acids is 2. The number of hydrogen-bond acceptors (Lipinski definition) is 2. The molecule has 0 aliphatic heterocycles. The van der Waals surface area contributed by atoms with Crippen LogP contribution in [0, 0.1) is 11.8 Å². The van der Waals surface area contributed by atoms with Gasteiger partial charge >= 0.3 is 0 Å². The van der Waals surface area contributed by atoms with Crippen LogP contribution in [-0.4, -0.2) is 11.6 Å². The van der Waals surface area contributed by atoms with Crippen molar-refractivity contribution in [3.8, 4) is 0 Å². The third-order valence-electron chi connectivity index (χ3n) is 5.87. The second-order valence-electron chi connectivity index (χ2n) is 7.54. The molecule has 0 amide bonds. The van der Waals surface area contributed by atoms with E-state index in [1.807, 2.05) is 78.9 Å². The molecule has 3 aromatic carbocycles. The molecule has 2 atom stereocenters. The van der Waals surface area contributed by atoms with Crippen LogP contribution in [-0.2, 0) is 0 Å². The van der Waals surface area contributed by atoms with Gasteiger partial charge in [-0.05, 0) is 18.4 Å². The van der Waals surface area contributed by atoms with Crippen molar-refractivity contribution in [3.05, 3.63) is 108 Å². The van der Waals surface area contributed by atoms with Crippen LogP contribution in [0.5, 0.6) is 0 Å². The maximum Gasteiger partial charge on any atom is 0.166 e. The molecule has 0 saturated heterocycles. The summed E-state index contributed by atoms with van der Waals surface area (Å²) in [4.78, 5) is 26.8. The van der Waals surface area contributed by atoms with Gasteiger partial charge in [0.15, 0.2) is 11.6 Å². The Morgan fingerprint density at radius 1 is 0.571 bits per heavy atom. The van der Waals surface area contributed by atoms with Gasteiger partial charge in [0.05, 0.1) is 0 Å². The number of Topliss-reactive ketones (excluding diaryl/α,β-unsaturated/α-hetero) is 2. The molecule has 1 fully saturated rings. The molecule has 0 bridgehead atoms. The van der Waals surface area contributed by atoms with E-state index in [2.05, 4.69) is 12.1 Å². The smallest absolute Gasteiger partial charge is 0.166 e. The Morgan fingerprint density at radius 2 is 0.964 bits per heavy atom. The van der Waals surface area contributed by atoms with Crippen molar-refractivity contribution in [2.75, 3.05) is 0 Å². The van der Waals surface area contributed by atoms with Gasteiger partial charge in [-0.1, -0.05) is 97.4 Å². The lowest BCUT2D eigenvalue weighted by Gasteiger charge is -2.37. The van der Waals surface area contributed by atoms with Crippen molar-refractivity contribution in [2.24, 2.45) is 11.8 Å². The zero-order chi connectivity index (χ0) is 19.3. The summed E-state index contributed by atoms with van der Waals surface area (Å²) in [5.41, 5.74) is 2.56. The third-order valence-corrected chi connectivity index (χ3v) is 5.87. The second-order valence-corrected chi connectivity index (χ2v) is 7.54. The number of benzene rings is 3. The molecule has 0 spiro atoms. The molecule has 1 saturated carbocycles. The van der Waals surface area contributed by atoms with Crippen molar-refractivity contribution in [2.45, 2.75) is 25.2 Å². The van der Waals surface area contributed by atoms with E-state index in [1.54, 1.807) is 0 Å². The molecule has 140 valence electrons. The first-order valence-corrected chi connectivity index (χ1v) is 9.99. The van der Waals surface area contributed by atoms with Gasteiger partial charge in [-0.3, -0.25) is 9.59 Å². The lowest BCUT2D eigenvalue weighted by molar-refractivity contribution is 0.0745. The summed E-state index contributed by atoms with van der Waals surface area (Å²) in [5.74, 6) is -0.122. The van der Waals surface area contributed by atoms with Crippen molar-refractivity contribution < 1.29 is 9.59 Å². The molecule has 0 radical (unpaired) electrons. The average molecular weight is 368 g/mol. The average Bonchev–Trinajstić information content (AvgIpc) is 2.79. The number of rotatable bonds is 5. The fraction of sp³-hybridized carbons (Fsp3) is 0.231. The predicted molar refractivity (Wildman–Crippen MR) is 112 cm³/mol. The molecule has 1 aliphatic rings. The zero-order valence-electron chi connectivity index (χ0n) is 15.8. The minimum atomic E-state index is -0.170. The highest BCUT2D eigenvalue weighted by Crippen LogP contribution is 2.44. The molecular weight excluding hydrogens is 344 g/mol. The van der Waals surface area contributed by atoms with E-state index in [1.165, 1.54) is 0 Å². The molecule has 2 unspecified atom stereocenters. The monoisotopic (exact) mass is 368 g/mol. The Hall–Kier alpha value is -3.00. The minimum absolute atomic E-state index is 0.0876. The van der Waals surface area contributed by atoms with Crippen LogP contribution >= 0.6 is 0 Å². The molecule has 28 heavy (non-hydrogen) atoms. The first-order chi connectivity index (χ1) is 13.8. The van der Waals surface area contributed by atoms with Crippen molar-refractivity contribution >= 4 is 11.6 Å². The van der Waals surface area contributed by atoms with Crippen LogP contribution < -0.4 is 0 Å². The first kappa shape index (κ1) is 18.4. The van der Waals surface area contributed by atoms with Crippen molar-refractivity contribution in [3.63, 3.8) is 0 Å². The fourth-order valence-corrected chi connectivity index (χ4v) is 4.56. The number of ketones is 2. The Balaban J connectivity index is 1.74. The topological polar surface area (TPSA) is 34.1 Å². The van der Waals surface area contributed by atoms with Gasteiger partial charge in [0, 0.05) is 28.9 Å². The Kier molecular flexibility index (Phi) is 5.48. The van der Waals surface area contributed by atoms with E-state index in [0.717, 1.165) is 36.0 Å². The molecule has 0 aromatic heterocycles. The SMILES string of the molecule is O=C(c1ccccc1)C1CCCC(C(=O)c2ccccc2)C1c1ccccc1. The summed E-state index contributed by atoms with van der Waals surface area (Å²) >= 11 is 0. The van der Waals surface area contributed by atoms with Crippen LogP contribution in [0.1, 0.15) is 51.5 Å². The maximum atomic E-state index is 13.4. The van der Waals surface area contributed by atoms with Gasteiger partial charge in [0.1, 0.15) is 0 Å². The first-order valence-electron chi connectivity index (χ1n) is 9.99. The maximum absolute atomic E-state index is 13.4. The molecule has 4 rings (SSSR count). The highest BCUT2D eigenvalue weighted by molar-refractivity contribution is 6.01. The summed E-state index contributed by atoms with van der Waals surface area (Å²) in [7, 11) is 0. The standard InChI is InChI=1S/C26H24O2/c27-25(20-13-6-2-7-14-20)22-17-10-18-23(24(22)19-11-4-1-5-12-19)26(28)21-15-8-3-9-16-21/h1-9,11-16,22-24H,10,17-18H2. The van der Waals surface area contributed by atoms with Gasteiger partial charge in [0.2, 0.25) is 0 Å². The highest BCUT2D eigenvalue weighted by atomic mass is 16.1. The Morgan fingerprint density at radius 3 is 1.39 bits per heavy atom. The van der Waals surface area contributed by atoms with Crippen LogP contribution in [0.2, 0.25) is 0 Å². The number of hydrogen-bond donors (Lipinski definition) is 0. The number of carbonyl (C=O) groups is 2. The van der Waals surface area contributed by atoms with Crippen molar-refractivity contribution in [1.29, 1.82) is 0 Å². The molecule has 0 N–H and O–H groups in total. The van der Waals surface area contributed by atoms with Crippen molar-refractivity contribution in [1.82, 2.24) is 0 Å². The molecule has 3 aromatic rings. The van der Waals surface area contributed by atoms with E-state index < -0.39 is 0 Å². The van der Waals surface area contributed by atoms with E-state index in [-0.39, 0.29) is 29.3 Å². The van der Waals surface area contributed by atoms with Gasteiger partial charge < -0.3 is 0 Å². The molecule has 2 heteroatoms. The van der Waals surface area contributed by atoms with Gasteiger partial charge in [-0.2, -0.15) is 0 Å². The summed E-state index contributed by atoms with van der Waals surface area (Å²) in [6.45, 7) is 0. The zero-order valence-corrected chi connectivity index (χ0v) is 15.8. The van der Waals surface area contributed by atoms with Gasteiger partial charge in [-0.15, -0.1) is 0 Å². The largest absolute Gasteiger partial charge is 0.294 e. The lowest BCUT2D eigenvalue weighted by Crippen LogP contribution is -2.36. The van der Waals surface area contributed by atoms with E-state index in [9.17, 15) is 9.59 Å². The molecule has 2 nitrogen and oxygen atoms in total. The molecular formula is C26H24O2. The summed E-state index contributed by atoms with van der Waals surface area (Å²) < 4.78 is 0. The predicted octanol–water partition coefficient (Wildman–Crippen LogP) is 5.95. The Bertz CT molecular complexity index is 872. The fourth-order valence-electron chi connectivity index (χ4n) is 4.56. The molecule has 0 heterocycles. The van der Waals surface area contributed by atoms with Crippen LogP contribution in [0.25, 0.3) is 0 Å². The van der Waals surface area contributed by atoms with E-state index in [0.29, 0.717) is 0 Å². The van der Waals surface area contributed by atoms with Crippen LogP contribution in [0.4, 0.5) is 0 Å². The summed E-state index contributed by atoms with van der Waals surface area (Å²) in [5, 5.41) is 0. The third kappa shape index (κ3) is 3.68. The van der Waals surface area contributed by atoms with Gasteiger partial charge in [-0.25, -0.2) is 0 Å². The molecule has 1 aliphatic carbocycles. The van der Waals surface area contributed by atoms with Crippen LogP contribution in [0.3, 0.4) is 0 Å². The van der Waals surface area contributed by atoms with Gasteiger partial charge in [0.25, 0.3) is 0 Å². The van der Waals surface area contributed by atoms with E-state index in [4.69, 9.17) is 0 Å². The second kappa shape index (κ2) is 8.35. The highest BCUT2D eigenvalue weighted by Gasteiger charge is 2.41. The lowest BCUT2D eigenvalue weighted by atomic mass is 9.64. The normalized spacial score (nSPS) is 21.8. The summed E-state index contributed by atoms with van der Waals surface area (Å²) in [6.07, 6.45) is 2.55. The Labute approximate surface area is 166 Å². The summed E-state index contributed by atoms with van der Waals surface area (Å²) in [6, 6.07) is 29.1. The minimum Gasteiger partial charge on any atom is -0.294 e.